The number of carboxylic acid groups (broad SMARTS) is 1. The van der Waals surface area contributed by atoms with Crippen molar-refractivity contribution in [2.45, 2.75) is 43.9 Å². The van der Waals surface area contributed by atoms with Gasteiger partial charge in [0.05, 0.1) is 43.1 Å². The van der Waals surface area contributed by atoms with Gasteiger partial charge in [0.25, 0.3) is 15.9 Å². The zero-order valence-electron chi connectivity index (χ0n) is 22.2. The molecule has 0 radical (unpaired) electrons. The number of β-lactam (4-membered cyclic amide) rings is 1. The number of sulfonamides is 1. The number of aliphatic hydroxyl groups is 1. The molecule has 0 bridgehead atoms. The molecular weight excluding hydrogens is 536 g/mol. The maximum atomic E-state index is 13.9. The molecule has 0 unspecified atom stereocenters. The number of benzene rings is 2. The normalized spacial score (nSPS) is 23.9. The number of hydrogen-bond acceptors (Lipinski definition) is 6. The molecule has 3 aromatic rings. The third-order valence-electron chi connectivity index (χ3n) is 8.41. The summed E-state index contributed by atoms with van der Waals surface area (Å²) in [4.78, 5) is 39.8. The average Bonchev–Trinajstić information content (AvgIpc) is 3.42. The number of fused-ring (bicyclic) bond motifs is 1. The van der Waals surface area contributed by atoms with E-state index < -0.39 is 58.3 Å². The van der Waals surface area contributed by atoms with Crippen LogP contribution in [0.2, 0.25) is 0 Å². The van der Waals surface area contributed by atoms with Gasteiger partial charge in [0.1, 0.15) is 18.1 Å². The van der Waals surface area contributed by atoms with Gasteiger partial charge in [0.15, 0.2) is 0 Å². The lowest BCUT2D eigenvalue weighted by atomic mass is 9.78. The summed E-state index contributed by atoms with van der Waals surface area (Å²) in [6.07, 6.45) is 5.44. The fourth-order valence-corrected chi connectivity index (χ4v) is 8.04. The minimum atomic E-state index is -4.34. The molecule has 1 aromatic heterocycles. The van der Waals surface area contributed by atoms with Crippen LogP contribution in [0.1, 0.15) is 29.8 Å². The lowest BCUT2D eigenvalue weighted by Crippen LogP contribution is -2.63. The molecule has 3 aliphatic rings. The molecule has 1 fully saturated rings. The highest BCUT2D eigenvalue weighted by atomic mass is 32.2. The second-order valence-electron chi connectivity index (χ2n) is 10.8. The first-order valence-corrected chi connectivity index (χ1v) is 14.5. The number of nitrogens with zero attached hydrogens (tertiary/aromatic N) is 4. The first kappa shape index (κ1) is 26.2. The van der Waals surface area contributed by atoms with E-state index >= 15 is 0 Å². The predicted molar refractivity (Wildman–Crippen MR) is 141 cm³/mol. The number of hydrogen-bond donors (Lipinski definition) is 2. The Balaban J connectivity index is 1.39. The summed E-state index contributed by atoms with van der Waals surface area (Å²) in [5.41, 5.74) is 0.972. The Morgan fingerprint density at radius 1 is 1.18 bits per heavy atom. The molecule has 1 saturated heterocycles. The molecular formula is C28H29N4O7S+. The second-order valence-corrected chi connectivity index (χ2v) is 12.6. The Bertz CT molecular complexity index is 1760. The second kappa shape index (κ2) is 9.00. The summed E-state index contributed by atoms with van der Waals surface area (Å²) in [5.74, 6) is -4.01. The van der Waals surface area contributed by atoms with Crippen LogP contribution in [0.15, 0.2) is 65.2 Å². The lowest BCUT2D eigenvalue weighted by molar-refractivity contribution is -0.671. The smallest absolute Gasteiger partial charge is 0.352 e. The molecule has 2 amide bonds. The molecule has 0 saturated carbocycles. The molecule has 208 valence electrons. The van der Waals surface area contributed by atoms with Crippen LogP contribution < -0.4 is 4.57 Å². The first-order chi connectivity index (χ1) is 18.9. The maximum absolute atomic E-state index is 13.9. The van der Waals surface area contributed by atoms with Crippen molar-refractivity contribution in [3.8, 4) is 0 Å². The zero-order valence-corrected chi connectivity index (χ0v) is 23.0. The van der Waals surface area contributed by atoms with Crippen molar-refractivity contribution in [1.82, 2.24) is 13.8 Å². The van der Waals surface area contributed by atoms with Crippen molar-refractivity contribution in [3.63, 3.8) is 0 Å². The van der Waals surface area contributed by atoms with Crippen LogP contribution in [0.5, 0.6) is 0 Å². The molecule has 2 aromatic carbocycles. The standard InChI is InChI=1S/C28H28N4O7S/c1-15-20(25(28(36)37)32-24(15)22(16(2)33)27(32)35)13-31-26(34)19-6-4-5-18-17(9-10-30-12-11-29(3)14-30)7-8-21(23(18)19)40(31,38)39/h4-8,11-12,14-16,22,24,33H,9-10,13H2,1-3H3/p+1/t15-,16+,22+,24+/m0/s1. The molecule has 4 atom stereocenters. The molecule has 12 heteroatoms. The summed E-state index contributed by atoms with van der Waals surface area (Å²) in [6, 6.07) is 7.76. The van der Waals surface area contributed by atoms with E-state index in [0.29, 0.717) is 28.0 Å². The van der Waals surface area contributed by atoms with Crippen LogP contribution in [0.4, 0.5) is 0 Å². The van der Waals surface area contributed by atoms with Crippen molar-refractivity contribution in [2.24, 2.45) is 18.9 Å². The minimum absolute atomic E-state index is 0.0156. The number of amides is 2. The number of aliphatic hydroxyl groups excluding tert-OH is 1. The summed E-state index contributed by atoms with van der Waals surface area (Å²) in [6.45, 7) is 3.32. The number of aromatic nitrogens is 2. The Hall–Kier alpha value is -4.03. The van der Waals surface area contributed by atoms with E-state index in [2.05, 4.69) is 0 Å². The van der Waals surface area contributed by atoms with Crippen molar-refractivity contribution < 1.29 is 37.6 Å². The van der Waals surface area contributed by atoms with Gasteiger partial charge in [-0.3, -0.25) is 9.59 Å². The molecule has 6 rings (SSSR count). The predicted octanol–water partition coefficient (Wildman–Crippen LogP) is 1.05. The van der Waals surface area contributed by atoms with Gasteiger partial charge in [-0.05, 0) is 35.6 Å². The van der Waals surface area contributed by atoms with Crippen molar-refractivity contribution in [1.29, 1.82) is 0 Å². The van der Waals surface area contributed by atoms with Crippen LogP contribution in [0.3, 0.4) is 0 Å². The number of carbonyl (C=O) groups excluding carboxylic acids is 2. The third kappa shape index (κ3) is 3.62. The van der Waals surface area contributed by atoms with Crippen molar-refractivity contribution in [2.75, 3.05) is 6.54 Å². The van der Waals surface area contributed by atoms with E-state index in [0.717, 1.165) is 10.5 Å². The van der Waals surface area contributed by atoms with Crippen LogP contribution in [0, 0.1) is 11.8 Å². The number of aryl methyl sites for hydroxylation is 3. The van der Waals surface area contributed by atoms with Gasteiger partial charge in [0.2, 0.25) is 12.2 Å². The molecule has 11 nitrogen and oxygen atoms in total. The monoisotopic (exact) mass is 565 g/mol. The molecule has 0 aliphatic carbocycles. The highest BCUT2D eigenvalue weighted by molar-refractivity contribution is 7.90. The average molecular weight is 566 g/mol. The number of carbonyl (C=O) groups is 3. The zero-order chi connectivity index (χ0) is 28.7. The van der Waals surface area contributed by atoms with E-state index in [1.54, 1.807) is 25.1 Å². The highest BCUT2D eigenvalue weighted by Gasteiger charge is 2.60. The molecule has 4 heterocycles. The topological polar surface area (TPSA) is 141 Å². The fourth-order valence-electron chi connectivity index (χ4n) is 6.46. The van der Waals surface area contributed by atoms with Gasteiger partial charge in [-0.15, -0.1) is 0 Å². The maximum Gasteiger partial charge on any atom is 0.352 e. The Labute approximate surface area is 230 Å². The highest BCUT2D eigenvalue weighted by Crippen LogP contribution is 2.48. The first-order valence-electron chi connectivity index (χ1n) is 13.0. The van der Waals surface area contributed by atoms with E-state index in [1.807, 2.05) is 41.0 Å². The quantitative estimate of drug-likeness (QED) is 0.322. The van der Waals surface area contributed by atoms with E-state index in [-0.39, 0.29) is 21.7 Å². The van der Waals surface area contributed by atoms with E-state index in [9.17, 15) is 33.0 Å². The van der Waals surface area contributed by atoms with Crippen LogP contribution in [-0.2, 0) is 39.6 Å². The molecule has 2 N–H and O–H groups in total. The third-order valence-corrected chi connectivity index (χ3v) is 10.2. The molecule has 0 spiro atoms. The summed E-state index contributed by atoms with van der Waals surface area (Å²) < 4.78 is 32.4. The molecule has 40 heavy (non-hydrogen) atoms. The van der Waals surface area contributed by atoms with E-state index in [4.69, 9.17) is 0 Å². The number of aliphatic carboxylic acids is 1. The Kier molecular flexibility index (Phi) is 5.89. The Morgan fingerprint density at radius 3 is 2.58 bits per heavy atom. The van der Waals surface area contributed by atoms with Crippen molar-refractivity contribution in [3.05, 3.63) is 71.4 Å². The summed E-state index contributed by atoms with van der Waals surface area (Å²) in [7, 11) is -2.42. The Morgan fingerprint density at radius 2 is 1.93 bits per heavy atom. The van der Waals surface area contributed by atoms with Crippen LogP contribution in [0.25, 0.3) is 10.8 Å². The number of carboxylic acids is 1. The van der Waals surface area contributed by atoms with Crippen molar-refractivity contribution >= 4 is 38.6 Å². The fraction of sp³-hybridized carbons (Fsp3) is 0.357. The number of rotatable bonds is 7. The van der Waals surface area contributed by atoms with Gasteiger partial charge in [-0.25, -0.2) is 26.7 Å². The van der Waals surface area contributed by atoms with Gasteiger partial charge in [-0.2, -0.15) is 0 Å². The lowest BCUT2D eigenvalue weighted by Gasteiger charge is -2.46. The van der Waals surface area contributed by atoms with Crippen LogP contribution in [-0.4, -0.2) is 68.9 Å². The number of imidazole rings is 1. The SMILES string of the molecule is C[C@@H](O)[C@H]1C(=O)N2C(C(=O)O)=C(CN3C(=O)c4cccc5c(CCn6cc[n+](C)c6)ccc(c45)S3(=O)=O)[C@H](C)[C@H]12. The van der Waals surface area contributed by atoms with Gasteiger partial charge in [-0.1, -0.05) is 25.1 Å². The molecule has 3 aliphatic heterocycles. The summed E-state index contributed by atoms with van der Waals surface area (Å²) >= 11 is 0. The summed E-state index contributed by atoms with van der Waals surface area (Å²) in [5, 5.41) is 21.1. The van der Waals surface area contributed by atoms with Gasteiger partial charge in [0, 0.05) is 23.3 Å². The van der Waals surface area contributed by atoms with Crippen LogP contribution >= 0.6 is 0 Å². The van der Waals surface area contributed by atoms with E-state index in [1.165, 1.54) is 13.0 Å². The largest absolute Gasteiger partial charge is 0.477 e. The van der Waals surface area contributed by atoms with Gasteiger partial charge < -0.3 is 15.1 Å². The van der Waals surface area contributed by atoms with Gasteiger partial charge >= 0.3 is 5.97 Å². The minimum Gasteiger partial charge on any atom is -0.477 e.